The van der Waals surface area contributed by atoms with E-state index < -0.39 is 23.2 Å². The Labute approximate surface area is 168 Å². The third-order valence-electron chi connectivity index (χ3n) is 5.16. The second-order valence-electron chi connectivity index (χ2n) is 7.37. The highest BCUT2D eigenvalue weighted by Gasteiger charge is 2.42. The molecular formula is C22H25F2N3O2. The highest BCUT2D eigenvalue weighted by molar-refractivity contribution is 5.91. The van der Waals surface area contributed by atoms with Gasteiger partial charge in [0.2, 0.25) is 5.91 Å². The zero-order chi connectivity index (χ0) is 20.7. The Bertz CT molecular complexity index is 832. The van der Waals surface area contributed by atoms with Gasteiger partial charge in [0.1, 0.15) is 17.2 Å². The molecule has 0 spiro atoms. The van der Waals surface area contributed by atoms with Crippen LogP contribution in [-0.2, 0) is 17.8 Å². The van der Waals surface area contributed by atoms with Gasteiger partial charge in [-0.2, -0.15) is 0 Å². The van der Waals surface area contributed by atoms with E-state index >= 15 is 0 Å². The maximum atomic E-state index is 13.3. The van der Waals surface area contributed by atoms with Crippen molar-refractivity contribution in [3.8, 4) is 0 Å². The number of nitrogens with one attached hydrogen (secondary N) is 3. The molecule has 3 N–H and O–H groups in total. The van der Waals surface area contributed by atoms with Crippen LogP contribution in [0.25, 0.3) is 0 Å². The van der Waals surface area contributed by atoms with Gasteiger partial charge in [0, 0.05) is 19.2 Å². The normalized spacial score (nSPS) is 15.0. The number of hydrogen-bond donors (Lipinski definition) is 3. The summed E-state index contributed by atoms with van der Waals surface area (Å²) in [7, 11) is 0. The van der Waals surface area contributed by atoms with Crippen molar-refractivity contribution in [3.05, 3.63) is 71.3 Å². The molecule has 0 heterocycles. The molecule has 0 saturated heterocycles. The van der Waals surface area contributed by atoms with E-state index in [2.05, 4.69) is 16.0 Å². The van der Waals surface area contributed by atoms with Gasteiger partial charge >= 0.3 is 6.03 Å². The first-order valence-electron chi connectivity index (χ1n) is 9.80. The van der Waals surface area contributed by atoms with Crippen LogP contribution in [-0.4, -0.2) is 24.0 Å². The van der Waals surface area contributed by atoms with Crippen molar-refractivity contribution in [1.29, 1.82) is 0 Å². The van der Waals surface area contributed by atoms with Crippen molar-refractivity contribution >= 4 is 11.9 Å². The molecule has 0 bridgehead atoms. The van der Waals surface area contributed by atoms with Crippen LogP contribution >= 0.6 is 0 Å². The maximum Gasteiger partial charge on any atom is 0.315 e. The Morgan fingerprint density at radius 1 is 0.897 bits per heavy atom. The van der Waals surface area contributed by atoms with Crippen LogP contribution in [0.1, 0.15) is 36.8 Å². The smallest absolute Gasteiger partial charge is 0.315 e. The summed E-state index contributed by atoms with van der Waals surface area (Å²) in [4.78, 5) is 25.2. The van der Waals surface area contributed by atoms with Crippen LogP contribution in [0, 0.1) is 11.6 Å². The predicted molar refractivity (Wildman–Crippen MR) is 106 cm³/mol. The van der Waals surface area contributed by atoms with Gasteiger partial charge in [-0.3, -0.25) is 4.79 Å². The zero-order valence-corrected chi connectivity index (χ0v) is 16.1. The average molecular weight is 401 g/mol. The number of urea groups is 1. The fraction of sp³-hybridized carbons (Fsp3) is 0.364. The summed E-state index contributed by atoms with van der Waals surface area (Å²) in [5.74, 6) is -1.55. The maximum absolute atomic E-state index is 13.3. The molecule has 3 rings (SSSR count). The van der Waals surface area contributed by atoms with Crippen LogP contribution in [0.15, 0.2) is 48.5 Å². The SMILES string of the molecule is O=C(NCc1ccccc1)NC1(C(=O)NCCc2cc(F)cc(F)c2)CCCC1. The molecule has 29 heavy (non-hydrogen) atoms. The molecule has 3 amide bonds. The summed E-state index contributed by atoms with van der Waals surface area (Å²) in [5, 5.41) is 8.44. The second kappa shape index (κ2) is 9.49. The fourth-order valence-electron chi connectivity index (χ4n) is 3.67. The number of halogens is 2. The number of rotatable bonds is 7. The van der Waals surface area contributed by atoms with Crippen molar-refractivity contribution in [2.24, 2.45) is 0 Å². The molecule has 0 unspecified atom stereocenters. The standard InChI is InChI=1S/C22H25F2N3O2/c23-18-12-17(13-19(24)14-18)8-11-25-20(28)22(9-4-5-10-22)27-21(29)26-15-16-6-2-1-3-7-16/h1-3,6-7,12-14H,4-5,8-11,15H2,(H,25,28)(H2,26,27,29). The Morgan fingerprint density at radius 2 is 1.55 bits per heavy atom. The fourth-order valence-corrected chi connectivity index (χ4v) is 3.67. The van der Waals surface area contributed by atoms with Crippen molar-refractivity contribution in [2.75, 3.05) is 6.54 Å². The third-order valence-corrected chi connectivity index (χ3v) is 5.16. The molecule has 2 aromatic carbocycles. The minimum Gasteiger partial charge on any atom is -0.354 e. The summed E-state index contributed by atoms with van der Waals surface area (Å²) in [6, 6.07) is 12.4. The van der Waals surface area contributed by atoms with E-state index in [4.69, 9.17) is 0 Å². The van der Waals surface area contributed by atoms with Crippen molar-refractivity contribution in [1.82, 2.24) is 16.0 Å². The lowest BCUT2D eigenvalue weighted by molar-refractivity contribution is -0.127. The molecule has 154 valence electrons. The van der Waals surface area contributed by atoms with Gasteiger partial charge < -0.3 is 16.0 Å². The van der Waals surface area contributed by atoms with Gasteiger partial charge in [0.05, 0.1) is 0 Å². The number of amides is 3. The van der Waals surface area contributed by atoms with Crippen LogP contribution in [0.2, 0.25) is 0 Å². The molecular weight excluding hydrogens is 376 g/mol. The lowest BCUT2D eigenvalue weighted by atomic mass is 9.96. The van der Waals surface area contributed by atoms with E-state index in [0.29, 0.717) is 31.4 Å². The highest BCUT2D eigenvalue weighted by atomic mass is 19.1. The molecule has 1 aliphatic carbocycles. The zero-order valence-electron chi connectivity index (χ0n) is 16.1. The van der Waals surface area contributed by atoms with Gasteiger partial charge in [-0.15, -0.1) is 0 Å². The Hall–Kier alpha value is -2.96. The molecule has 7 heteroatoms. The molecule has 0 atom stereocenters. The van der Waals surface area contributed by atoms with E-state index in [1.807, 2.05) is 30.3 Å². The lowest BCUT2D eigenvalue weighted by Crippen LogP contribution is -2.59. The summed E-state index contributed by atoms with van der Waals surface area (Å²) < 4.78 is 26.6. The summed E-state index contributed by atoms with van der Waals surface area (Å²) in [6.45, 7) is 0.603. The molecule has 0 aliphatic heterocycles. The van der Waals surface area contributed by atoms with Gasteiger partial charge in [0.15, 0.2) is 0 Å². The second-order valence-corrected chi connectivity index (χ2v) is 7.37. The van der Waals surface area contributed by atoms with E-state index in [0.717, 1.165) is 24.5 Å². The molecule has 0 radical (unpaired) electrons. The quantitative estimate of drug-likeness (QED) is 0.665. The van der Waals surface area contributed by atoms with Gasteiger partial charge in [-0.05, 0) is 42.5 Å². The predicted octanol–water partition coefficient (Wildman–Crippen LogP) is 3.44. The summed E-state index contributed by atoms with van der Waals surface area (Å²) in [6.07, 6.45) is 3.12. The van der Waals surface area contributed by atoms with Crippen molar-refractivity contribution in [2.45, 2.75) is 44.2 Å². The Balaban J connectivity index is 1.53. The summed E-state index contributed by atoms with van der Waals surface area (Å²) in [5.41, 5.74) is 0.486. The third kappa shape index (κ3) is 5.76. The molecule has 1 aliphatic rings. The topological polar surface area (TPSA) is 70.2 Å². The highest BCUT2D eigenvalue weighted by Crippen LogP contribution is 2.30. The minimum absolute atomic E-state index is 0.233. The van der Waals surface area contributed by atoms with E-state index in [-0.39, 0.29) is 12.5 Å². The summed E-state index contributed by atoms with van der Waals surface area (Å²) >= 11 is 0. The average Bonchev–Trinajstić information content (AvgIpc) is 3.16. The number of carbonyl (C=O) groups is 2. The van der Waals surface area contributed by atoms with Crippen LogP contribution in [0.5, 0.6) is 0 Å². The first-order chi connectivity index (χ1) is 14.0. The lowest BCUT2D eigenvalue weighted by Gasteiger charge is -2.29. The monoisotopic (exact) mass is 401 g/mol. The van der Waals surface area contributed by atoms with Gasteiger partial charge in [0.25, 0.3) is 0 Å². The molecule has 2 aromatic rings. The number of carbonyl (C=O) groups excluding carboxylic acids is 2. The van der Waals surface area contributed by atoms with Crippen molar-refractivity contribution < 1.29 is 18.4 Å². The molecule has 1 fully saturated rings. The Kier molecular flexibility index (Phi) is 6.80. The van der Waals surface area contributed by atoms with Crippen molar-refractivity contribution in [3.63, 3.8) is 0 Å². The largest absolute Gasteiger partial charge is 0.354 e. The first kappa shape index (κ1) is 20.8. The molecule has 0 aromatic heterocycles. The van der Waals surface area contributed by atoms with Crippen LogP contribution < -0.4 is 16.0 Å². The minimum atomic E-state index is -0.950. The van der Waals surface area contributed by atoms with E-state index in [1.165, 1.54) is 12.1 Å². The number of benzene rings is 2. The molecule has 5 nitrogen and oxygen atoms in total. The van der Waals surface area contributed by atoms with Crippen LogP contribution in [0.4, 0.5) is 13.6 Å². The van der Waals surface area contributed by atoms with Gasteiger partial charge in [-0.1, -0.05) is 43.2 Å². The van der Waals surface area contributed by atoms with E-state index in [1.54, 1.807) is 0 Å². The number of hydrogen-bond acceptors (Lipinski definition) is 2. The van der Waals surface area contributed by atoms with E-state index in [9.17, 15) is 18.4 Å². The van der Waals surface area contributed by atoms with Crippen LogP contribution in [0.3, 0.4) is 0 Å². The Morgan fingerprint density at radius 3 is 2.21 bits per heavy atom. The molecule has 1 saturated carbocycles. The first-order valence-corrected chi connectivity index (χ1v) is 9.80. The van der Waals surface area contributed by atoms with Gasteiger partial charge in [-0.25, -0.2) is 13.6 Å².